The number of fused-ring (bicyclic) bond motifs is 1. The maximum atomic E-state index is 13.7. The van der Waals surface area contributed by atoms with E-state index >= 15 is 0 Å². The molecule has 1 unspecified atom stereocenters. The average Bonchev–Trinajstić information content (AvgIpc) is 2.85. The summed E-state index contributed by atoms with van der Waals surface area (Å²) in [5.74, 6) is -0.206. The highest BCUT2D eigenvalue weighted by Crippen LogP contribution is 2.37. The van der Waals surface area contributed by atoms with Crippen molar-refractivity contribution in [2.75, 3.05) is 5.32 Å². The van der Waals surface area contributed by atoms with Gasteiger partial charge in [0.05, 0.1) is 11.0 Å². The lowest BCUT2D eigenvalue weighted by Gasteiger charge is -2.15. The van der Waals surface area contributed by atoms with Gasteiger partial charge in [-0.1, -0.05) is 28.1 Å². The highest BCUT2D eigenvalue weighted by molar-refractivity contribution is 9.10. The first kappa shape index (κ1) is 14.0. The van der Waals surface area contributed by atoms with Gasteiger partial charge in [0.2, 0.25) is 0 Å². The zero-order valence-corrected chi connectivity index (χ0v) is 12.6. The van der Waals surface area contributed by atoms with Crippen LogP contribution in [-0.2, 0) is 6.42 Å². The van der Waals surface area contributed by atoms with Gasteiger partial charge >= 0.3 is 0 Å². The second-order valence-corrected chi connectivity index (χ2v) is 5.88. The largest absolute Gasteiger partial charge is 0.373 e. The van der Waals surface area contributed by atoms with Gasteiger partial charge in [-0.2, -0.15) is 0 Å². The highest BCUT2D eigenvalue weighted by Gasteiger charge is 2.26. The molecule has 2 aromatic rings. The van der Waals surface area contributed by atoms with Crippen molar-refractivity contribution < 1.29 is 9.31 Å². The van der Waals surface area contributed by atoms with Crippen LogP contribution in [0, 0.1) is 15.9 Å². The van der Waals surface area contributed by atoms with Crippen molar-refractivity contribution in [3.05, 3.63) is 67.9 Å². The molecule has 1 N–H and O–H groups in total. The Bertz CT molecular complexity index is 721. The Kier molecular flexibility index (Phi) is 3.63. The van der Waals surface area contributed by atoms with E-state index in [0.717, 1.165) is 12.0 Å². The minimum Gasteiger partial charge on any atom is -0.373 e. The summed E-state index contributed by atoms with van der Waals surface area (Å²) in [6.07, 6.45) is 1.37. The Morgan fingerprint density at radius 1 is 1.33 bits per heavy atom. The van der Waals surface area contributed by atoms with Gasteiger partial charge in [0.1, 0.15) is 11.5 Å². The zero-order chi connectivity index (χ0) is 15.0. The van der Waals surface area contributed by atoms with E-state index in [4.69, 9.17) is 0 Å². The lowest BCUT2D eigenvalue weighted by molar-refractivity contribution is -0.384. The maximum Gasteiger partial charge on any atom is 0.293 e. The summed E-state index contributed by atoms with van der Waals surface area (Å²) in [5, 5.41) is 14.3. The summed E-state index contributed by atoms with van der Waals surface area (Å²) in [6, 6.07) is 9.76. The molecule has 1 atom stereocenters. The normalized spacial score (nSPS) is 16.6. The van der Waals surface area contributed by atoms with Crippen LogP contribution < -0.4 is 5.32 Å². The second-order valence-electron chi connectivity index (χ2n) is 4.96. The molecule has 4 nitrogen and oxygen atoms in total. The van der Waals surface area contributed by atoms with Crippen LogP contribution in [0.15, 0.2) is 40.9 Å². The van der Waals surface area contributed by atoms with Crippen LogP contribution in [-0.4, -0.2) is 4.92 Å². The molecule has 1 aliphatic rings. The van der Waals surface area contributed by atoms with Crippen LogP contribution in [0.2, 0.25) is 0 Å². The molecule has 0 radical (unpaired) electrons. The molecule has 0 saturated carbocycles. The minimum atomic E-state index is -0.422. The number of hydrogen-bond donors (Lipinski definition) is 1. The first-order chi connectivity index (χ1) is 10.1. The molecule has 0 spiro atoms. The van der Waals surface area contributed by atoms with E-state index in [2.05, 4.69) is 21.2 Å². The van der Waals surface area contributed by atoms with E-state index in [1.807, 2.05) is 6.07 Å². The number of nitro groups is 1. The molecule has 0 bridgehead atoms. The highest BCUT2D eigenvalue weighted by atomic mass is 79.9. The number of nitrogens with one attached hydrogen (secondary N) is 1. The zero-order valence-electron chi connectivity index (χ0n) is 11.0. The molecule has 3 rings (SSSR count). The van der Waals surface area contributed by atoms with Crippen LogP contribution in [0.3, 0.4) is 0 Å². The fourth-order valence-corrected chi connectivity index (χ4v) is 3.07. The molecular formula is C15H12BrFN2O2. The van der Waals surface area contributed by atoms with Crippen molar-refractivity contribution in [2.24, 2.45) is 0 Å². The van der Waals surface area contributed by atoms with E-state index in [1.54, 1.807) is 18.2 Å². The third-order valence-corrected chi connectivity index (χ3v) is 4.19. The fraction of sp³-hybridized carbons (Fsp3) is 0.200. The lowest BCUT2D eigenvalue weighted by Crippen LogP contribution is -2.09. The molecule has 0 amide bonds. The van der Waals surface area contributed by atoms with Gasteiger partial charge in [-0.05, 0) is 42.2 Å². The topological polar surface area (TPSA) is 55.2 Å². The summed E-state index contributed by atoms with van der Waals surface area (Å²) < 4.78 is 14.4. The number of hydrogen-bond acceptors (Lipinski definition) is 3. The van der Waals surface area contributed by atoms with E-state index in [9.17, 15) is 14.5 Å². The predicted octanol–water partition coefficient (Wildman–Crippen LogP) is 4.60. The van der Waals surface area contributed by atoms with Crippen molar-refractivity contribution >= 4 is 27.3 Å². The SMILES string of the molecule is O=[N+]([O-])c1cc(Br)ccc1NC1CCc2c(F)cccc21. The summed E-state index contributed by atoms with van der Waals surface area (Å²) in [5.41, 5.74) is 2.04. The molecule has 108 valence electrons. The van der Waals surface area contributed by atoms with E-state index < -0.39 is 4.92 Å². The van der Waals surface area contributed by atoms with Crippen LogP contribution in [0.1, 0.15) is 23.6 Å². The summed E-state index contributed by atoms with van der Waals surface area (Å²) in [7, 11) is 0. The standard InChI is InChI=1S/C15H12BrFN2O2/c16-9-4-6-14(15(8-9)19(20)21)18-13-7-5-10-11(13)2-1-3-12(10)17/h1-4,6,8,13,18H,5,7H2. The Hall–Kier alpha value is -1.95. The van der Waals surface area contributed by atoms with Crippen molar-refractivity contribution in [3.8, 4) is 0 Å². The van der Waals surface area contributed by atoms with Gasteiger partial charge in [0.15, 0.2) is 0 Å². The number of benzene rings is 2. The third kappa shape index (κ3) is 2.63. The van der Waals surface area contributed by atoms with Crippen LogP contribution in [0.5, 0.6) is 0 Å². The van der Waals surface area contributed by atoms with E-state index in [0.29, 0.717) is 22.1 Å². The molecule has 0 heterocycles. The number of rotatable bonds is 3. The van der Waals surface area contributed by atoms with Gasteiger partial charge in [-0.25, -0.2) is 4.39 Å². The minimum absolute atomic E-state index is 0.00854. The molecule has 0 saturated heterocycles. The molecule has 2 aromatic carbocycles. The number of nitrogens with zero attached hydrogens (tertiary/aromatic N) is 1. The smallest absolute Gasteiger partial charge is 0.293 e. The first-order valence-corrected chi connectivity index (χ1v) is 7.33. The third-order valence-electron chi connectivity index (χ3n) is 3.70. The Balaban J connectivity index is 1.93. The Morgan fingerprint density at radius 3 is 2.90 bits per heavy atom. The Morgan fingerprint density at radius 2 is 2.14 bits per heavy atom. The van der Waals surface area contributed by atoms with Gasteiger partial charge in [0, 0.05) is 10.5 Å². The van der Waals surface area contributed by atoms with Crippen LogP contribution in [0.25, 0.3) is 0 Å². The predicted molar refractivity (Wildman–Crippen MR) is 81.9 cm³/mol. The molecular weight excluding hydrogens is 339 g/mol. The van der Waals surface area contributed by atoms with Crippen LogP contribution >= 0.6 is 15.9 Å². The first-order valence-electron chi connectivity index (χ1n) is 6.54. The van der Waals surface area contributed by atoms with Crippen LogP contribution in [0.4, 0.5) is 15.8 Å². The van der Waals surface area contributed by atoms with E-state index in [-0.39, 0.29) is 17.5 Å². The maximum absolute atomic E-state index is 13.7. The van der Waals surface area contributed by atoms with Crippen molar-refractivity contribution in [3.63, 3.8) is 0 Å². The van der Waals surface area contributed by atoms with Crippen molar-refractivity contribution in [1.29, 1.82) is 0 Å². The van der Waals surface area contributed by atoms with Crippen molar-refractivity contribution in [1.82, 2.24) is 0 Å². The Labute approximate surface area is 129 Å². The molecule has 21 heavy (non-hydrogen) atoms. The molecule has 1 aliphatic carbocycles. The molecule has 0 aliphatic heterocycles. The van der Waals surface area contributed by atoms with E-state index in [1.165, 1.54) is 12.1 Å². The lowest BCUT2D eigenvalue weighted by atomic mass is 10.1. The van der Waals surface area contributed by atoms with Gasteiger partial charge in [-0.15, -0.1) is 0 Å². The summed E-state index contributed by atoms with van der Waals surface area (Å²) in [6.45, 7) is 0. The number of nitro benzene ring substituents is 1. The number of halogens is 2. The molecule has 0 fully saturated rings. The molecule has 6 heteroatoms. The summed E-state index contributed by atoms with van der Waals surface area (Å²) >= 11 is 3.23. The average molecular weight is 351 g/mol. The van der Waals surface area contributed by atoms with Crippen molar-refractivity contribution in [2.45, 2.75) is 18.9 Å². The summed E-state index contributed by atoms with van der Waals surface area (Å²) in [4.78, 5) is 10.7. The monoisotopic (exact) mass is 350 g/mol. The van der Waals surface area contributed by atoms with Gasteiger partial charge in [0.25, 0.3) is 5.69 Å². The molecule has 0 aromatic heterocycles. The van der Waals surface area contributed by atoms with Gasteiger partial charge in [-0.3, -0.25) is 10.1 Å². The van der Waals surface area contributed by atoms with Gasteiger partial charge < -0.3 is 5.32 Å². The quantitative estimate of drug-likeness (QED) is 0.650. The number of anilines is 1. The second kappa shape index (κ2) is 5.44. The fourth-order valence-electron chi connectivity index (χ4n) is 2.73.